The maximum Gasteiger partial charge on any atom is 0.311 e. The molecule has 0 aliphatic heterocycles. The lowest BCUT2D eigenvalue weighted by atomic mass is 10.1. The molecule has 1 heterocycles. The summed E-state index contributed by atoms with van der Waals surface area (Å²) >= 11 is 0. The number of carbonyl (C=O) groups is 3. The fraction of sp³-hybridized carbons (Fsp3) is 0.480. The second kappa shape index (κ2) is 12.3. The van der Waals surface area contributed by atoms with E-state index in [0.29, 0.717) is 36.9 Å². The Kier molecular flexibility index (Phi) is 9.71. The number of hydrogen-bond donors (Lipinski definition) is 2. The first kappa shape index (κ1) is 28.5. The summed E-state index contributed by atoms with van der Waals surface area (Å²) < 4.78 is 15.0. The van der Waals surface area contributed by atoms with Gasteiger partial charge in [0.1, 0.15) is 11.6 Å². The van der Waals surface area contributed by atoms with Gasteiger partial charge in [0.25, 0.3) is 11.5 Å². The molecule has 0 radical (unpaired) electrons. The van der Waals surface area contributed by atoms with Crippen LogP contribution in [-0.4, -0.2) is 69.9 Å². The highest BCUT2D eigenvalue weighted by molar-refractivity contribution is 6.34. The van der Waals surface area contributed by atoms with Gasteiger partial charge in [0, 0.05) is 40.3 Å². The van der Waals surface area contributed by atoms with Crippen molar-refractivity contribution in [3.05, 3.63) is 57.0 Å². The molecular weight excluding hydrogens is 469 g/mol. The van der Waals surface area contributed by atoms with E-state index in [2.05, 4.69) is 10.3 Å². The van der Waals surface area contributed by atoms with Crippen molar-refractivity contribution in [2.45, 2.75) is 52.6 Å². The smallest absolute Gasteiger partial charge is 0.311 e. The molecule has 36 heavy (non-hydrogen) atoms. The molecule has 0 aliphatic carbocycles. The number of aryl methyl sites for hydroxylation is 2. The van der Waals surface area contributed by atoms with Crippen LogP contribution in [0.15, 0.2) is 23.0 Å². The number of amides is 3. The monoisotopic (exact) mass is 503 g/mol. The summed E-state index contributed by atoms with van der Waals surface area (Å²) in [6.07, 6.45) is 1.81. The van der Waals surface area contributed by atoms with Gasteiger partial charge in [-0.25, -0.2) is 9.37 Å². The molecule has 0 fully saturated rings. The first-order chi connectivity index (χ1) is 16.8. The number of aromatic nitrogens is 2. The number of rotatable bonds is 9. The van der Waals surface area contributed by atoms with Crippen molar-refractivity contribution < 1.29 is 23.9 Å². The van der Waals surface area contributed by atoms with Crippen LogP contribution in [0.2, 0.25) is 0 Å². The molecule has 2 rings (SSSR count). The van der Waals surface area contributed by atoms with Crippen molar-refractivity contribution in [1.29, 1.82) is 0 Å². The minimum atomic E-state index is -0.757. The summed E-state index contributed by atoms with van der Waals surface area (Å²) in [4.78, 5) is 55.9. The SMILES string of the molecule is Cc1ccc(CNC(=O)c2nc(C)n([C@@H](C)CCCCN(C)C(=O)C(=O)N(C)C)c(=O)c2O)cc1F. The number of likely N-dealkylation sites (N-methyl/N-ethyl adjacent to an activating group) is 2. The van der Waals surface area contributed by atoms with Crippen LogP contribution >= 0.6 is 0 Å². The van der Waals surface area contributed by atoms with Crippen LogP contribution in [0.4, 0.5) is 4.39 Å². The van der Waals surface area contributed by atoms with Gasteiger partial charge < -0.3 is 20.2 Å². The van der Waals surface area contributed by atoms with E-state index in [1.165, 1.54) is 34.5 Å². The average Bonchev–Trinajstić information content (AvgIpc) is 2.83. The number of aromatic hydroxyl groups is 1. The minimum Gasteiger partial charge on any atom is -0.501 e. The van der Waals surface area contributed by atoms with Gasteiger partial charge >= 0.3 is 11.8 Å². The largest absolute Gasteiger partial charge is 0.501 e. The van der Waals surface area contributed by atoms with Crippen LogP contribution in [0, 0.1) is 19.7 Å². The van der Waals surface area contributed by atoms with Crippen molar-refractivity contribution in [3.63, 3.8) is 0 Å². The fourth-order valence-electron chi connectivity index (χ4n) is 3.69. The standard InChI is InChI=1S/C25H34FN5O5/c1-15-10-11-18(13-19(15)26)14-27-22(33)20-21(32)23(34)31(17(3)28-20)16(2)9-7-8-12-30(6)25(36)24(35)29(4)5/h10-11,13,16,32H,7-9,12,14H2,1-6H3,(H,27,33)/t16-/m0/s1. The molecule has 1 aromatic heterocycles. The molecule has 196 valence electrons. The van der Waals surface area contributed by atoms with Gasteiger partial charge in [-0.1, -0.05) is 12.1 Å². The molecule has 11 heteroatoms. The van der Waals surface area contributed by atoms with Crippen LogP contribution in [0.3, 0.4) is 0 Å². The normalized spacial score (nSPS) is 11.6. The molecule has 0 aliphatic rings. The summed E-state index contributed by atoms with van der Waals surface area (Å²) in [6.45, 7) is 5.39. The maximum absolute atomic E-state index is 13.7. The summed E-state index contributed by atoms with van der Waals surface area (Å²) in [6, 6.07) is 4.25. The van der Waals surface area contributed by atoms with Crippen molar-refractivity contribution >= 4 is 17.7 Å². The number of nitrogens with zero attached hydrogens (tertiary/aromatic N) is 4. The van der Waals surface area contributed by atoms with Crippen LogP contribution in [0.5, 0.6) is 5.75 Å². The topological polar surface area (TPSA) is 125 Å². The Balaban J connectivity index is 2.00. The van der Waals surface area contributed by atoms with Gasteiger partial charge in [0.15, 0.2) is 5.69 Å². The highest BCUT2D eigenvalue weighted by Gasteiger charge is 2.23. The Labute approximate surface area is 209 Å². The van der Waals surface area contributed by atoms with Crippen molar-refractivity contribution in [2.24, 2.45) is 0 Å². The van der Waals surface area contributed by atoms with Gasteiger partial charge in [-0.3, -0.25) is 23.7 Å². The third-order valence-electron chi connectivity index (χ3n) is 5.91. The second-order valence-corrected chi connectivity index (χ2v) is 9.07. The summed E-state index contributed by atoms with van der Waals surface area (Å²) in [5.41, 5.74) is -0.106. The Bertz CT molecular complexity index is 1190. The van der Waals surface area contributed by atoms with Gasteiger partial charge in [-0.15, -0.1) is 0 Å². The highest BCUT2D eigenvalue weighted by Crippen LogP contribution is 2.18. The number of nitrogens with one attached hydrogen (secondary N) is 1. The third-order valence-corrected chi connectivity index (χ3v) is 5.91. The van der Waals surface area contributed by atoms with E-state index in [0.717, 1.165) is 0 Å². The molecule has 1 aromatic carbocycles. The lowest BCUT2D eigenvalue weighted by molar-refractivity contribution is -0.149. The summed E-state index contributed by atoms with van der Waals surface area (Å²) in [5, 5.41) is 13.0. The zero-order valence-electron chi connectivity index (χ0n) is 21.6. The first-order valence-electron chi connectivity index (χ1n) is 11.7. The van der Waals surface area contributed by atoms with Gasteiger partial charge in [-0.2, -0.15) is 0 Å². The number of hydrogen-bond acceptors (Lipinski definition) is 6. The van der Waals surface area contributed by atoms with Gasteiger partial charge in [-0.05, 0) is 57.2 Å². The van der Waals surface area contributed by atoms with Crippen molar-refractivity contribution in [1.82, 2.24) is 24.7 Å². The van der Waals surface area contributed by atoms with Crippen LogP contribution in [0.25, 0.3) is 0 Å². The van der Waals surface area contributed by atoms with E-state index in [1.807, 2.05) is 0 Å². The molecule has 0 bridgehead atoms. The van der Waals surface area contributed by atoms with Gasteiger partial charge in [0.05, 0.1) is 0 Å². The predicted molar refractivity (Wildman–Crippen MR) is 132 cm³/mol. The predicted octanol–water partition coefficient (Wildman–Crippen LogP) is 1.91. The molecule has 0 spiro atoms. The van der Waals surface area contributed by atoms with Crippen molar-refractivity contribution in [3.8, 4) is 5.75 Å². The quantitative estimate of drug-likeness (QED) is 0.398. The second-order valence-electron chi connectivity index (χ2n) is 9.07. The van der Waals surface area contributed by atoms with Crippen LogP contribution in [0.1, 0.15) is 59.7 Å². The maximum atomic E-state index is 13.7. The number of halogens is 1. The number of carbonyl (C=O) groups excluding carboxylic acids is 3. The Morgan fingerprint density at radius 2 is 1.81 bits per heavy atom. The zero-order chi connectivity index (χ0) is 27.2. The van der Waals surface area contributed by atoms with E-state index < -0.39 is 34.8 Å². The Morgan fingerprint density at radius 1 is 1.14 bits per heavy atom. The van der Waals surface area contributed by atoms with Crippen LogP contribution < -0.4 is 10.9 Å². The fourth-order valence-corrected chi connectivity index (χ4v) is 3.69. The van der Waals surface area contributed by atoms with E-state index >= 15 is 0 Å². The minimum absolute atomic E-state index is 0.00672. The molecule has 0 saturated heterocycles. The third kappa shape index (κ3) is 6.89. The highest BCUT2D eigenvalue weighted by atomic mass is 19.1. The Hall–Kier alpha value is -3.76. The molecule has 3 amide bonds. The molecule has 0 saturated carbocycles. The Morgan fingerprint density at radius 3 is 2.42 bits per heavy atom. The number of unbranched alkanes of at least 4 members (excludes halogenated alkanes) is 1. The molecular formula is C25H34FN5O5. The molecule has 2 aromatic rings. The van der Waals surface area contributed by atoms with E-state index in [1.54, 1.807) is 40.0 Å². The zero-order valence-corrected chi connectivity index (χ0v) is 21.6. The lowest BCUT2D eigenvalue weighted by Crippen LogP contribution is -2.40. The first-order valence-corrected chi connectivity index (χ1v) is 11.7. The molecule has 10 nitrogen and oxygen atoms in total. The molecule has 2 N–H and O–H groups in total. The van der Waals surface area contributed by atoms with E-state index in [9.17, 15) is 28.7 Å². The van der Waals surface area contributed by atoms with E-state index in [4.69, 9.17) is 0 Å². The molecule has 0 unspecified atom stereocenters. The van der Waals surface area contributed by atoms with Crippen molar-refractivity contribution in [2.75, 3.05) is 27.7 Å². The average molecular weight is 504 g/mol. The number of benzene rings is 1. The molecule has 1 atom stereocenters. The van der Waals surface area contributed by atoms with E-state index in [-0.39, 0.29) is 24.1 Å². The summed E-state index contributed by atoms with van der Waals surface area (Å²) in [7, 11) is 4.58. The van der Waals surface area contributed by atoms with Gasteiger partial charge in [0.2, 0.25) is 5.75 Å². The summed E-state index contributed by atoms with van der Waals surface area (Å²) in [5.74, 6) is -2.81. The van der Waals surface area contributed by atoms with Crippen LogP contribution in [-0.2, 0) is 16.1 Å². The lowest BCUT2D eigenvalue weighted by Gasteiger charge is -2.21.